The first-order valence-corrected chi connectivity index (χ1v) is 9.34. The predicted octanol–water partition coefficient (Wildman–Crippen LogP) is 0.0232. The van der Waals surface area contributed by atoms with Crippen LogP contribution < -0.4 is 5.32 Å². The lowest BCUT2D eigenvalue weighted by atomic mass is 10.1. The van der Waals surface area contributed by atoms with Gasteiger partial charge in [0.25, 0.3) is 0 Å². The summed E-state index contributed by atoms with van der Waals surface area (Å²) in [6.07, 6.45) is 0. The van der Waals surface area contributed by atoms with Gasteiger partial charge >= 0.3 is 0 Å². The normalized spacial score (nSPS) is 25.4. The van der Waals surface area contributed by atoms with Crippen LogP contribution in [0.2, 0.25) is 0 Å². The van der Waals surface area contributed by atoms with E-state index >= 15 is 0 Å². The third-order valence-electron chi connectivity index (χ3n) is 4.62. The lowest BCUT2D eigenvalue weighted by Gasteiger charge is -2.44. The van der Waals surface area contributed by atoms with E-state index in [0.717, 1.165) is 5.56 Å². The van der Waals surface area contributed by atoms with Crippen LogP contribution in [-0.4, -0.2) is 61.2 Å². The Morgan fingerprint density at radius 2 is 1.88 bits per heavy atom. The van der Waals surface area contributed by atoms with E-state index in [1.165, 1.54) is 9.21 Å². The second-order valence-corrected chi connectivity index (χ2v) is 8.32. The number of hydrogen-bond acceptors (Lipinski definition) is 4. The van der Waals surface area contributed by atoms with E-state index in [1.54, 1.807) is 26.0 Å². The van der Waals surface area contributed by atoms with Crippen LogP contribution in [-0.2, 0) is 19.6 Å². The summed E-state index contributed by atoms with van der Waals surface area (Å²) in [6.45, 7) is 5.63. The van der Waals surface area contributed by atoms with Crippen molar-refractivity contribution in [3.8, 4) is 0 Å². The van der Waals surface area contributed by atoms with E-state index in [-0.39, 0.29) is 36.3 Å². The number of benzene rings is 1. The molecule has 7 nitrogen and oxygen atoms in total. The summed E-state index contributed by atoms with van der Waals surface area (Å²) >= 11 is 0. The molecule has 3 rings (SSSR count). The zero-order valence-electron chi connectivity index (χ0n) is 13.9. The molecule has 1 aromatic carbocycles. The SMILES string of the molecule is Cc1ccc(C)c(S(=O)(=O)N2CCN3C(=O)[C@H](C)NC(=O)[C@H]3C2)c1. The molecule has 0 saturated carbocycles. The lowest BCUT2D eigenvalue weighted by Crippen LogP contribution is -2.69. The van der Waals surface area contributed by atoms with Crippen LogP contribution in [0.4, 0.5) is 0 Å². The van der Waals surface area contributed by atoms with Gasteiger partial charge < -0.3 is 10.2 Å². The molecule has 2 atom stereocenters. The van der Waals surface area contributed by atoms with E-state index in [4.69, 9.17) is 0 Å². The van der Waals surface area contributed by atoms with E-state index in [1.807, 2.05) is 13.0 Å². The molecule has 24 heavy (non-hydrogen) atoms. The molecule has 2 aliphatic rings. The Kier molecular flexibility index (Phi) is 4.13. The molecule has 0 aromatic heterocycles. The second kappa shape index (κ2) is 5.86. The third-order valence-corrected chi connectivity index (χ3v) is 6.63. The van der Waals surface area contributed by atoms with E-state index in [2.05, 4.69) is 5.32 Å². The van der Waals surface area contributed by atoms with Crippen LogP contribution >= 0.6 is 0 Å². The summed E-state index contributed by atoms with van der Waals surface area (Å²) in [6, 6.07) is 3.96. The molecule has 0 unspecified atom stereocenters. The molecule has 8 heteroatoms. The molecule has 0 spiro atoms. The Morgan fingerprint density at radius 1 is 1.17 bits per heavy atom. The van der Waals surface area contributed by atoms with Crippen molar-refractivity contribution in [1.29, 1.82) is 0 Å². The van der Waals surface area contributed by atoms with Gasteiger partial charge in [0, 0.05) is 19.6 Å². The minimum Gasteiger partial charge on any atom is -0.343 e. The van der Waals surface area contributed by atoms with Gasteiger partial charge in [0.1, 0.15) is 12.1 Å². The molecule has 2 amide bonds. The highest BCUT2D eigenvalue weighted by Crippen LogP contribution is 2.25. The van der Waals surface area contributed by atoms with Gasteiger partial charge in [-0.2, -0.15) is 4.31 Å². The van der Waals surface area contributed by atoms with Crippen molar-refractivity contribution < 1.29 is 18.0 Å². The maximum absolute atomic E-state index is 13.0. The van der Waals surface area contributed by atoms with Crippen LogP contribution in [0, 0.1) is 13.8 Å². The summed E-state index contributed by atoms with van der Waals surface area (Å²) in [5.74, 6) is -0.466. The highest BCUT2D eigenvalue weighted by atomic mass is 32.2. The highest BCUT2D eigenvalue weighted by molar-refractivity contribution is 7.89. The zero-order chi connectivity index (χ0) is 17.6. The first-order valence-electron chi connectivity index (χ1n) is 7.90. The first kappa shape index (κ1) is 16.9. The van der Waals surface area contributed by atoms with Crippen LogP contribution in [0.25, 0.3) is 0 Å². The number of fused-ring (bicyclic) bond motifs is 1. The Balaban J connectivity index is 1.90. The van der Waals surface area contributed by atoms with Crippen molar-refractivity contribution in [2.24, 2.45) is 0 Å². The molecule has 1 N–H and O–H groups in total. The Bertz CT molecular complexity index is 806. The number of carbonyl (C=O) groups excluding carboxylic acids is 2. The molecular weight excluding hydrogens is 330 g/mol. The van der Waals surface area contributed by atoms with Gasteiger partial charge in [-0.3, -0.25) is 9.59 Å². The molecule has 2 fully saturated rings. The van der Waals surface area contributed by atoms with E-state index < -0.39 is 22.1 Å². The number of rotatable bonds is 2. The third kappa shape index (κ3) is 2.69. The van der Waals surface area contributed by atoms with E-state index in [0.29, 0.717) is 5.56 Å². The first-order chi connectivity index (χ1) is 11.2. The van der Waals surface area contributed by atoms with Crippen LogP contribution in [0.1, 0.15) is 18.1 Å². The van der Waals surface area contributed by atoms with Gasteiger partial charge in [-0.05, 0) is 38.0 Å². The molecule has 2 aliphatic heterocycles. The number of hydrogen-bond donors (Lipinski definition) is 1. The minimum atomic E-state index is -3.70. The number of nitrogens with zero attached hydrogens (tertiary/aromatic N) is 2. The molecule has 1 aromatic rings. The smallest absolute Gasteiger partial charge is 0.245 e. The number of piperazine rings is 2. The standard InChI is InChI=1S/C16H21N3O4S/c1-10-4-5-11(2)14(8-10)24(22,23)18-6-7-19-13(9-18)15(20)17-12(3)16(19)21/h4-5,8,12-13H,6-7,9H2,1-3H3,(H,17,20)/t12-,13+/m0/s1. The average Bonchev–Trinajstić information content (AvgIpc) is 2.54. The topological polar surface area (TPSA) is 86.8 Å². The molecule has 130 valence electrons. The molecule has 0 aliphatic carbocycles. The summed E-state index contributed by atoms with van der Waals surface area (Å²) in [7, 11) is -3.70. The van der Waals surface area contributed by atoms with Gasteiger partial charge in [0.05, 0.1) is 4.90 Å². The fourth-order valence-corrected chi connectivity index (χ4v) is 4.96. The molecule has 2 heterocycles. The van der Waals surface area contributed by atoms with Crippen LogP contribution in [0.5, 0.6) is 0 Å². The van der Waals surface area contributed by atoms with Gasteiger partial charge in [0.2, 0.25) is 21.8 Å². The van der Waals surface area contributed by atoms with Crippen LogP contribution in [0.15, 0.2) is 23.1 Å². The summed E-state index contributed by atoms with van der Waals surface area (Å²) in [5.41, 5.74) is 1.53. The van der Waals surface area contributed by atoms with Gasteiger partial charge in [-0.25, -0.2) is 8.42 Å². The van der Waals surface area contributed by atoms with Gasteiger partial charge in [-0.15, -0.1) is 0 Å². The van der Waals surface area contributed by atoms with Gasteiger partial charge in [0.15, 0.2) is 0 Å². The summed E-state index contributed by atoms with van der Waals surface area (Å²) in [5, 5.41) is 2.61. The number of amides is 2. The predicted molar refractivity (Wildman–Crippen MR) is 87.8 cm³/mol. The van der Waals surface area contributed by atoms with Crippen molar-refractivity contribution in [2.75, 3.05) is 19.6 Å². The summed E-state index contributed by atoms with van der Waals surface area (Å²) in [4.78, 5) is 26.1. The fourth-order valence-electron chi connectivity index (χ4n) is 3.21. The number of sulfonamides is 1. The molecule has 0 radical (unpaired) electrons. The van der Waals surface area contributed by atoms with Crippen LogP contribution in [0.3, 0.4) is 0 Å². The van der Waals surface area contributed by atoms with Crippen molar-refractivity contribution >= 4 is 21.8 Å². The number of aryl methyl sites for hydroxylation is 2. The second-order valence-electron chi connectivity index (χ2n) is 6.41. The zero-order valence-corrected chi connectivity index (χ0v) is 14.8. The molecule has 0 bridgehead atoms. The Labute approximate surface area is 141 Å². The quantitative estimate of drug-likeness (QED) is 0.814. The average molecular weight is 351 g/mol. The van der Waals surface area contributed by atoms with Crippen molar-refractivity contribution in [2.45, 2.75) is 37.8 Å². The van der Waals surface area contributed by atoms with Gasteiger partial charge in [-0.1, -0.05) is 12.1 Å². The Morgan fingerprint density at radius 3 is 2.58 bits per heavy atom. The maximum Gasteiger partial charge on any atom is 0.245 e. The Hall–Kier alpha value is -1.93. The number of carbonyl (C=O) groups is 2. The molecular formula is C16H21N3O4S. The molecule has 2 saturated heterocycles. The summed E-state index contributed by atoms with van der Waals surface area (Å²) < 4.78 is 27.3. The minimum absolute atomic E-state index is 0.0139. The van der Waals surface area contributed by atoms with Crippen molar-refractivity contribution in [1.82, 2.24) is 14.5 Å². The maximum atomic E-state index is 13.0. The van der Waals surface area contributed by atoms with E-state index in [9.17, 15) is 18.0 Å². The highest BCUT2D eigenvalue weighted by Gasteiger charge is 2.44. The number of nitrogens with one attached hydrogen (secondary N) is 1. The van der Waals surface area contributed by atoms with Crippen molar-refractivity contribution in [3.05, 3.63) is 29.3 Å². The fraction of sp³-hybridized carbons (Fsp3) is 0.500. The lowest BCUT2D eigenvalue weighted by molar-refractivity contribution is -0.151. The largest absolute Gasteiger partial charge is 0.343 e. The monoisotopic (exact) mass is 351 g/mol. The van der Waals surface area contributed by atoms with Crippen molar-refractivity contribution in [3.63, 3.8) is 0 Å².